The Morgan fingerprint density at radius 2 is 2.00 bits per heavy atom. The molecule has 0 spiro atoms. The Morgan fingerprint density at radius 1 is 1.30 bits per heavy atom. The van der Waals surface area contributed by atoms with Crippen molar-refractivity contribution in [2.24, 2.45) is 7.05 Å². The van der Waals surface area contributed by atoms with Crippen molar-refractivity contribution in [2.45, 2.75) is 44.0 Å². The number of ether oxygens (including phenoxy) is 1. The van der Waals surface area contributed by atoms with Crippen molar-refractivity contribution in [3.05, 3.63) is 16.3 Å². The van der Waals surface area contributed by atoms with Gasteiger partial charge < -0.3 is 10.1 Å². The van der Waals surface area contributed by atoms with Crippen molar-refractivity contribution in [1.82, 2.24) is 24.6 Å². The van der Waals surface area contributed by atoms with Crippen molar-refractivity contribution in [3.8, 4) is 0 Å². The molecule has 0 unspecified atom stereocenters. The average Bonchev–Trinajstić information content (AvgIpc) is 3.23. The first kappa shape index (κ1) is 19.9. The summed E-state index contributed by atoms with van der Waals surface area (Å²) in [5.41, 5.74) is -0.768. The Morgan fingerprint density at radius 3 is 2.56 bits per heavy atom. The lowest BCUT2D eigenvalue weighted by Gasteiger charge is -2.31. The van der Waals surface area contributed by atoms with Crippen LogP contribution in [0.4, 0.5) is 13.2 Å². The summed E-state index contributed by atoms with van der Waals surface area (Å²) in [5.74, 6) is -1.29. The minimum atomic E-state index is -4.67. The zero-order valence-corrected chi connectivity index (χ0v) is 15.2. The number of alkyl halides is 3. The number of nitrogens with zero attached hydrogens (tertiary/aromatic N) is 4. The largest absolute Gasteiger partial charge is 0.451 e. The van der Waals surface area contributed by atoms with Crippen LogP contribution in [0.25, 0.3) is 0 Å². The van der Waals surface area contributed by atoms with E-state index < -0.39 is 23.7 Å². The molecule has 2 fully saturated rings. The highest BCUT2D eigenvalue weighted by Gasteiger charge is 2.39. The van der Waals surface area contributed by atoms with Gasteiger partial charge in [-0.05, 0) is 25.7 Å². The van der Waals surface area contributed by atoms with Crippen LogP contribution >= 0.6 is 0 Å². The van der Waals surface area contributed by atoms with Crippen molar-refractivity contribution in [2.75, 3.05) is 32.8 Å². The van der Waals surface area contributed by atoms with Crippen molar-refractivity contribution in [3.63, 3.8) is 0 Å². The lowest BCUT2D eigenvalue weighted by Crippen LogP contribution is -2.44. The molecule has 1 amide bonds. The Bertz CT molecular complexity index is 716. The van der Waals surface area contributed by atoms with Gasteiger partial charge in [-0.2, -0.15) is 13.2 Å². The summed E-state index contributed by atoms with van der Waals surface area (Å²) in [5, 5.41) is 6.34. The highest BCUT2D eigenvalue weighted by Crippen LogP contribution is 2.28. The molecule has 8 nitrogen and oxygen atoms in total. The molecule has 2 saturated heterocycles. The van der Waals surface area contributed by atoms with Gasteiger partial charge in [0.1, 0.15) is 0 Å². The minimum absolute atomic E-state index is 0.0820. The van der Waals surface area contributed by atoms with E-state index in [4.69, 9.17) is 4.74 Å². The number of piperidine rings is 1. The third-order valence-electron chi connectivity index (χ3n) is 5.08. The van der Waals surface area contributed by atoms with Gasteiger partial charge in [0.2, 0.25) is 11.7 Å². The van der Waals surface area contributed by atoms with E-state index in [-0.39, 0.29) is 18.6 Å². The maximum absolute atomic E-state index is 12.9. The lowest BCUT2D eigenvalue weighted by molar-refractivity contribution is -0.147. The summed E-state index contributed by atoms with van der Waals surface area (Å²) in [6, 6.07) is -0.397. The molecule has 0 aromatic carbocycles. The van der Waals surface area contributed by atoms with Crippen LogP contribution in [0.15, 0.2) is 4.79 Å². The molecule has 152 valence electrons. The fourth-order valence-corrected chi connectivity index (χ4v) is 3.55. The molecule has 2 aliphatic heterocycles. The molecule has 0 aliphatic carbocycles. The summed E-state index contributed by atoms with van der Waals surface area (Å²) >= 11 is 0. The zero-order valence-electron chi connectivity index (χ0n) is 15.2. The number of halogens is 3. The number of aromatic nitrogens is 3. The van der Waals surface area contributed by atoms with Crippen LogP contribution in [-0.4, -0.2) is 64.0 Å². The van der Waals surface area contributed by atoms with E-state index >= 15 is 0 Å². The quantitative estimate of drug-likeness (QED) is 0.792. The molecule has 2 aliphatic rings. The molecule has 1 atom stereocenters. The maximum atomic E-state index is 12.9. The van der Waals surface area contributed by atoms with Crippen molar-refractivity contribution >= 4 is 5.91 Å². The second-order valence-electron chi connectivity index (χ2n) is 7.05. The van der Waals surface area contributed by atoms with E-state index in [1.54, 1.807) is 0 Å². The number of hydrogen-bond donors (Lipinski definition) is 1. The van der Waals surface area contributed by atoms with Gasteiger partial charge in [-0.15, -0.1) is 5.10 Å². The number of carbonyl (C=O) groups excluding carboxylic acids is 1. The van der Waals surface area contributed by atoms with Crippen LogP contribution in [0.3, 0.4) is 0 Å². The molecular weight excluding hydrogens is 367 g/mol. The third kappa shape index (κ3) is 4.70. The minimum Gasteiger partial charge on any atom is -0.376 e. The predicted octanol–water partition coefficient (Wildman–Crippen LogP) is 0.533. The van der Waals surface area contributed by atoms with Crippen LogP contribution in [0.2, 0.25) is 0 Å². The summed E-state index contributed by atoms with van der Waals surface area (Å²) in [6.07, 6.45) is -1.69. The van der Waals surface area contributed by atoms with Crippen molar-refractivity contribution in [1.29, 1.82) is 0 Å². The van der Waals surface area contributed by atoms with Gasteiger partial charge in [-0.3, -0.25) is 14.3 Å². The van der Waals surface area contributed by atoms with Crippen LogP contribution in [0.5, 0.6) is 0 Å². The molecule has 0 radical (unpaired) electrons. The lowest BCUT2D eigenvalue weighted by atomic mass is 10.1. The Balaban J connectivity index is 1.50. The van der Waals surface area contributed by atoms with Gasteiger partial charge in [0.05, 0.1) is 18.7 Å². The first-order valence-electron chi connectivity index (χ1n) is 9.09. The predicted molar refractivity (Wildman–Crippen MR) is 89.2 cm³/mol. The Hall–Kier alpha value is -1.88. The molecule has 0 bridgehead atoms. The number of rotatable bonds is 5. The second kappa shape index (κ2) is 8.01. The number of amides is 1. The first-order chi connectivity index (χ1) is 12.8. The van der Waals surface area contributed by atoms with Crippen LogP contribution in [-0.2, 0) is 22.8 Å². The smallest absolute Gasteiger partial charge is 0.376 e. The Kier molecular flexibility index (Phi) is 5.89. The zero-order chi connectivity index (χ0) is 19.6. The number of hydrogen-bond acceptors (Lipinski definition) is 5. The second-order valence-corrected chi connectivity index (χ2v) is 7.05. The maximum Gasteiger partial charge on any atom is 0.451 e. The molecule has 11 heteroatoms. The van der Waals surface area contributed by atoms with Gasteiger partial charge in [0.15, 0.2) is 0 Å². The third-order valence-corrected chi connectivity index (χ3v) is 5.08. The molecule has 27 heavy (non-hydrogen) atoms. The fourth-order valence-electron chi connectivity index (χ4n) is 3.55. The normalized spacial score (nSPS) is 22.3. The van der Waals surface area contributed by atoms with Crippen LogP contribution < -0.4 is 11.0 Å². The molecular formula is C16H24F3N5O3. The fraction of sp³-hybridized carbons (Fsp3) is 0.812. The first-order valence-corrected chi connectivity index (χ1v) is 9.09. The summed E-state index contributed by atoms with van der Waals surface area (Å²) in [4.78, 5) is 26.0. The van der Waals surface area contributed by atoms with E-state index in [0.717, 1.165) is 31.2 Å². The average molecular weight is 391 g/mol. The number of likely N-dealkylation sites (tertiary alicyclic amines) is 1. The van der Waals surface area contributed by atoms with Crippen LogP contribution in [0, 0.1) is 0 Å². The Labute approximate surface area is 154 Å². The van der Waals surface area contributed by atoms with E-state index in [9.17, 15) is 22.8 Å². The summed E-state index contributed by atoms with van der Waals surface area (Å²) in [7, 11) is 1.07. The number of carbonyl (C=O) groups is 1. The van der Waals surface area contributed by atoms with Crippen molar-refractivity contribution < 1.29 is 22.7 Å². The molecule has 1 aromatic rings. The van der Waals surface area contributed by atoms with E-state index in [1.807, 2.05) is 4.90 Å². The molecule has 1 aromatic heterocycles. The van der Waals surface area contributed by atoms with E-state index in [2.05, 4.69) is 10.4 Å². The summed E-state index contributed by atoms with van der Waals surface area (Å²) < 4.78 is 45.6. The molecule has 3 heterocycles. The highest BCUT2D eigenvalue weighted by molar-refractivity contribution is 5.78. The standard InChI is InChI=1S/C16H24F3N5O3/c1-22-14(16(17,18)19)21-24(15(22)26)11-4-6-23(7-5-11)10-13(25)20-9-12-3-2-8-27-12/h11-12H,2-10H2,1H3,(H,20,25)/t12-/m0/s1. The van der Waals surface area contributed by atoms with Gasteiger partial charge >= 0.3 is 11.9 Å². The van der Waals surface area contributed by atoms with Gasteiger partial charge in [-0.25, -0.2) is 9.48 Å². The summed E-state index contributed by atoms with van der Waals surface area (Å²) in [6.45, 7) is 2.49. The SMILES string of the molecule is Cn1c(C(F)(F)F)nn(C2CCN(CC(=O)NC[C@@H]3CCCO3)CC2)c1=O. The monoisotopic (exact) mass is 391 g/mol. The van der Waals surface area contributed by atoms with E-state index in [1.165, 1.54) is 0 Å². The van der Waals surface area contributed by atoms with Crippen LogP contribution in [0.1, 0.15) is 37.5 Å². The topological polar surface area (TPSA) is 81.4 Å². The number of nitrogens with one attached hydrogen (secondary N) is 1. The molecule has 1 N–H and O–H groups in total. The van der Waals surface area contributed by atoms with Gasteiger partial charge in [0.25, 0.3) is 0 Å². The van der Waals surface area contributed by atoms with E-state index in [0.29, 0.717) is 37.0 Å². The molecule has 0 saturated carbocycles. The van der Waals surface area contributed by atoms with Gasteiger partial charge in [-0.1, -0.05) is 0 Å². The van der Waals surface area contributed by atoms with Gasteiger partial charge in [0, 0.05) is 33.3 Å². The molecule has 3 rings (SSSR count). The highest BCUT2D eigenvalue weighted by atomic mass is 19.4.